The van der Waals surface area contributed by atoms with Gasteiger partial charge in [0.05, 0.1) is 0 Å². The molecule has 0 bridgehead atoms. The topological polar surface area (TPSA) is 54.4 Å². The van der Waals surface area contributed by atoms with Gasteiger partial charge in [0.25, 0.3) is 0 Å². The Bertz CT molecular complexity index is 245. The van der Waals surface area contributed by atoms with Gasteiger partial charge in [-0.25, -0.2) is 0 Å². The molecule has 3 heteroatoms. The summed E-state index contributed by atoms with van der Waals surface area (Å²) >= 11 is 0. The maximum absolute atomic E-state index is 10.8. The van der Waals surface area contributed by atoms with Crippen LogP contribution in [0.5, 0.6) is 0 Å². The third kappa shape index (κ3) is 1.43. The van der Waals surface area contributed by atoms with Crippen LogP contribution in [0.25, 0.3) is 0 Å². The van der Waals surface area contributed by atoms with E-state index in [9.17, 15) is 14.7 Å². The third-order valence-corrected chi connectivity index (χ3v) is 1.57. The van der Waals surface area contributed by atoms with Crippen LogP contribution in [0.3, 0.4) is 0 Å². The molecule has 0 fully saturated rings. The smallest absolute Gasteiger partial charge is 0.178 e. The van der Waals surface area contributed by atoms with Crippen LogP contribution < -0.4 is 0 Å². The lowest BCUT2D eigenvalue weighted by atomic mass is 9.94. The number of hydrogen-bond acceptors (Lipinski definition) is 3. The van der Waals surface area contributed by atoms with E-state index in [0.29, 0.717) is 0 Å². The number of carbonyl (C=O) groups excluding carboxylic acids is 2. The number of aliphatic hydroxyl groups is 1. The van der Waals surface area contributed by atoms with E-state index in [1.165, 1.54) is 31.2 Å². The zero-order valence-electron chi connectivity index (χ0n) is 6.07. The van der Waals surface area contributed by atoms with Crippen molar-refractivity contribution in [1.82, 2.24) is 0 Å². The van der Waals surface area contributed by atoms with Crippen LogP contribution in [0.2, 0.25) is 0 Å². The Balaban J connectivity index is 2.94. The van der Waals surface area contributed by atoms with Crippen LogP contribution in [0.15, 0.2) is 24.3 Å². The van der Waals surface area contributed by atoms with Gasteiger partial charge in [0.15, 0.2) is 17.2 Å². The molecule has 1 N–H and O–H groups in total. The van der Waals surface area contributed by atoms with E-state index in [1.807, 2.05) is 0 Å². The summed E-state index contributed by atoms with van der Waals surface area (Å²) in [4.78, 5) is 21.3. The van der Waals surface area contributed by atoms with Crippen LogP contribution in [0.4, 0.5) is 0 Å². The first kappa shape index (κ1) is 7.88. The fraction of sp³-hybridized carbons (Fsp3) is 0.250. The Kier molecular flexibility index (Phi) is 1.74. The minimum atomic E-state index is -1.56. The minimum Gasteiger partial charge on any atom is -0.374 e. The lowest BCUT2D eigenvalue weighted by Crippen LogP contribution is -2.33. The largest absolute Gasteiger partial charge is 0.374 e. The average Bonchev–Trinajstić information content (AvgIpc) is 1.95. The van der Waals surface area contributed by atoms with Crippen molar-refractivity contribution in [3.05, 3.63) is 24.3 Å². The molecule has 0 saturated carbocycles. The second-order valence-corrected chi connectivity index (χ2v) is 2.45. The van der Waals surface area contributed by atoms with Crippen molar-refractivity contribution in [2.45, 2.75) is 12.5 Å². The average molecular weight is 152 g/mol. The molecule has 0 amide bonds. The molecule has 58 valence electrons. The maximum atomic E-state index is 10.8. The van der Waals surface area contributed by atoms with Gasteiger partial charge in [-0.1, -0.05) is 0 Å². The Morgan fingerprint density at radius 2 is 1.91 bits per heavy atom. The van der Waals surface area contributed by atoms with Crippen molar-refractivity contribution in [3.8, 4) is 0 Å². The molecular formula is C8H8O3. The molecule has 0 atom stereocenters. The SMILES string of the molecule is CC(=O)C1(O)C=CC(=O)C=C1. The summed E-state index contributed by atoms with van der Waals surface area (Å²) in [5, 5.41) is 9.39. The maximum Gasteiger partial charge on any atom is 0.178 e. The summed E-state index contributed by atoms with van der Waals surface area (Å²) in [6.07, 6.45) is 4.75. The minimum absolute atomic E-state index is 0.212. The van der Waals surface area contributed by atoms with E-state index in [0.717, 1.165) is 0 Å². The van der Waals surface area contributed by atoms with Crippen molar-refractivity contribution in [3.63, 3.8) is 0 Å². The standard InChI is InChI=1S/C8H8O3/c1-6(9)8(11)4-2-7(10)3-5-8/h2-5,11H,1H3. The van der Waals surface area contributed by atoms with Gasteiger partial charge in [-0.3, -0.25) is 9.59 Å². The Hall–Kier alpha value is -1.22. The molecule has 0 saturated heterocycles. The Labute approximate surface area is 64.0 Å². The molecule has 0 unspecified atom stereocenters. The molecule has 0 aromatic carbocycles. The Morgan fingerprint density at radius 3 is 2.27 bits per heavy atom. The van der Waals surface area contributed by atoms with Gasteiger partial charge in [0.2, 0.25) is 0 Å². The first-order valence-electron chi connectivity index (χ1n) is 3.20. The van der Waals surface area contributed by atoms with Gasteiger partial charge >= 0.3 is 0 Å². The fourth-order valence-corrected chi connectivity index (χ4v) is 0.764. The number of rotatable bonds is 1. The lowest BCUT2D eigenvalue weighted by molar-refractivity contribution is -0.127. The summed E-state index contributed by atoms with van der Waals surface area (Å²) in [6.45, 7) is 1.27. The first-order chi connectivity index (χ1) is 5.04. The fourth-order valence-electron chi connectivity index (χ4n) is 0.764. The third-order valence-electron chi connectivity index (χ3n) is 1.57. The quantitative estimate of drug-likeness (QED) is 0.575. The highest BCUT2D eigenvalue weighted by atomic mass is 16.3. The number of hydrogen-bond donors (Lipinski definition) is 1. The highest BCUT2D eigenvalue weighted by Crippen LogP contribution is 2.14. The molecule has 0 radical (unpaired) electrons. The highest BCUT2D eigenvalue weighted by Gasteiger charge is 2.28. The van der Waals surface area contributed by atoms with E-state index in [2.05, 4.69) is 0 Å². The monoisotopic (exact) mass is 152 g/mol. The number of carbonyl (C=O) groups is 2. The predicted molar refractivity (Wildman–Crippen MR) is 38.9 cm³/mol. The van der Waals surface area contributed by atoms with Crippen LogP contribution in [-0.2, 0) is 9.59 Å². The molecular weight excluding hydrogens is 144 g/mol. The van der Waals surface area contributed by atoms with Crippen LogP contribution in [0, 0.1) is 0 Å². The summed E-state index contributed by atoms with van der Waals surface area (Å²) in [5.41, 5.74) is -1.56. The molecule has 1 aliphatic carbocycles. The van der Waals surface area contributed by atoms with Crippen molar-refractivity contribution in [2.24, 2.45) is 0 Å². The predicted octanol–water partition coefficient (Wildman–Crippen LogP) is 0.00160. The molecule has 0 spiro atoms. The van der Waals surface area contributed by atoms with Gasteiger partial charge in [-0.05, 0) is 31.2 Å². The molecule has 0 heterocycles. The number of ketones is 2. The van der Waals surface area contributed by atoms with Gasteiger partial charge in [0, 0.05) is 0 Å². The molecule has 1 aliphatic rings. The molecule has 3 nitrogen and oxygen atoms in total. The zero-order valence-corrected chi connectivity index (χ0v) is 6.07. The molecule has 11 heavy (non-hydrogen) atoms. The second kappa shape index (κ2) is 2.43. The normalized spacial score (nSPS) is 20.4. The van der Waals surface area contributed by atoms with Crippen molar-refractivity contribution in [2.75, 3.05) is 0 Å². The van der Waals surface area contributed by atoms with Gasteiger partial charge in [-0.2, -0.15) is 0 Å². The summed E-state index contributed by atoms with van der Waals surface area (Å²) in [5.74, 6) is -0.603. The van der Waals surface area contributed by atoms with Gasteiger partial charge < -0.3 is 5.11 Å². The number of Topliss-reactive ketones (excluding diaryl/α,β-unsaturated/α-hetero) is 1. The van der Waals surface area contributed by atoms with E-state index in [1.54, 1.807) is 0 Å². The van der Waals surface area contributed by atoms with E-state index in [-0.39, 0.29) is 5.78 Å². The van der Waals surface area contributed by atoms with Crippen molar-refractivity contribution in [1.29, 1.82) is 0 Å². The summed E-state index contributed by atoms with van der Waals surface area (Å²) in [7, 11) is 0. The Morgan fingerprint density at radius 1 is 1.45 bits per heavy atom. The summed E-state index contributed by atoms with van der Waals surface area (Å²) < 4.78 is 0. The van der Waals surface area contributed by atoms with E-state index < -0.39 is 11.4 Å². The van der Waals surface area contributed by atoms with Crippen LogP contribution in [-0.4, -0.2) is 22.3 Å². The van der Waals surface area contributed by atoms with Crippen molar-refractivity contribution >= 4 is 11.6 Å². The van der Waals surface area contributed by atoms with Crippen LogP contribution >= 0.6 is 0 Å². The summed E-state index contributed by atoms with van der Waals surface area (Å²) in [6, 6.07) is 0. The first-order valence-corrected chi connectivity index (χ1v) is 3.20. The highest BCUT2D eigenvalue weighted by molar-refractivity contribution is 6.04. The second-order valence-electron chi connectivity index (χ2n) is 2.45. The van der Waals surface area contributed by atoms with Gasteiger partial charge in [-0.15, -0.1) is 0 Å². The molecule has 0 aliphatic heterocycles. The lowest BCUT2D eigenvalue weighted by Gasteiger charge is -2.17. The molecule has 0 aromatic rings. The zero-order chi connectivity index (χ0) is 8.48. The van der Waals surface area contributed by atoms with E-state index >= 15 is 0 Å². The number of allylic oxidation sites excluding steroid dienone is 2. The van der Waals surface area contributed by atoms with Crippen molar-refractivity contribution < 1.29 is 14.7 Å². The van der Waals surface area contributed by atoms with Gasteiger partial charge in [0.1, 0.15) is 0 Å². The van der Waals surface area contributed by atoms with E-state index in [4.69, 9.17) is 0 Å². The van der Waals surface area contributed by atoms with Crippen LogP contribution in [0.1, 0.15) is 6.92 Å². The molecule has 0 aromatic heterocycles. The molecule has 1 rings (SSSR count).